The summed E-state index contributed by atoms with van der Waals surface area (Å²) in [6.45, 7) is 3.83. The van der Waals surface area contributed by atoms with Crippen LogP contribution < -0.4 is 0 Å². The number of allylic oxidation sites excluding steroid dienone is 1. The Hall–Kier alpha value is -3.39. The van der Waals surface area contributed by atoms with Crippen LogP contribution in [-0.4, -0.2) is 41.1 Å². The topological polar surface area (TPSA) is 62.1 Å². The maximum atomic E-state index is 15.0. The second-order valence-electron chi connectivity index (χ2n) is 8.27. The molecule has 1 heterocycles. The monoisotopic (exact) mass is 472 g/mol. The van der Waals surface area contributed by atoms with Crippen molar-refractivity contribution in [2.24, 2.45) is 10.9 Å². The average Bonchev–Trinajstić information content (AvgIpc) is 2.83. The van der Waals surface area contributed by atoms with Crippen LogP contribution >= 0.6 is 0 Å². The van der Waals surface area contributed by atoms with Crippen LogP contribution in [0.5, 0.6) is 0 Å². The number of rotatable bonds is 8. The van der Waals surface area contributed by atoms with Crippen molar-refractivity contribution < 1.29 is 27.8 Å². The third-order valence-electron chi connectivity index (χ3n) is 5.41. The summed E-state index contributed by atoms with van der Waals surface area (Å²) in [5.41, 5.74) is 2.38. The highest BCUT2D eigenvalue weighted by atomic mass is 19.1. The van der Waals surface area contributed by atoms with E-state index in [1.54, 1.807) is 35.2 Å². The summed E-state index contributed by atoms with van der Waals surface area (Å²) in [5, 5.41) is 10.2. The number of carbonyl (C=O) groups excluding carboxylic acids is 1. The highest BCUT2D eigenvalue weighted by Crippen LogP contribution is 2.32. The van der Waals surface area contributed by atoms with E-state index in [1.165, 1.54) is 31.4 Å². The quantitative estimate of drug-likeness (QED) is 0.536. The summed E-state index contributed by atoms with van der Waals surface area (Å²) in [4.78, 5) is 17.7. The molecule has 2 aromatic rings. The van der Waals surface area contributed by atoms with Crippen molar-refractivity contribution in [3.05, 3.63) is 89.4 Å². The van der Waals surface area contributed by atoms with Gasteiger partial charge in [-0.1, -0.05) is 13.8 Å². The second-order valence-corrected chi connectivity index (χ2v) is 8.27. The van der Waals surface area contributed by atoms with Crippen LogP contribution in [0.4, 0.5) is 13.2 Å². The number of hydrogen-bond acceptors (Lipinski definition) is 5. The molecule has 0 radical (unpaired) electrons. The molecule has 0 spiro atoms. The minimum atomic E-state index is -1.51. The summed E-state index contributed by atoms with van der Waals surface area (Å²) >= 11 is 0. The third-order valence-corrected chi connectivity index (χ3v) is 5.41. The molecular weight excluding hydrogens is 445 g/mol. The molecule has 0 saturated carbocycles. The summed E-state index contributed by atoms with van der Waals surface area (Å²) in [5.74, 6) is -2.28. The molecule has 8 heteroatoms. The van der Waals surface area contributed by atoms with Crippen LogP contribution in [0.25, 0.3) is 5.70 Å². The molecule has 2 atom stereocenters. The van der Waals surface area contributed by atoms with Gasteiger partial charge < -0.3 is 14.7 Å². The molecule has 1 aliphatic heterocycles. The molecule has 0 amide bonds. The zero-order valence-corrected chi connectivity index (χ0v) is 19.2. The first-order valence-corrected chi connectivity index (χ1v) is 10.9. The van der Waals surface area contributed by atoms with Crippen molar-refractivity contribution in [3.8, 4) is 0 Å². The Balaban J connectivity index is 2.04. The SMILES string of the molecule is COC(=O)CCC(O)/C(F)=C/N1C(c2ccc(F)cc2)=CC(c2ccc(F)cc2)=NC1C(C)C. The Morgan fingerprint density at radius 1 is 1.09 bits per heavy atom. The van der Waals surface area contributed by atoms with Crippen LogP contribution in [0.3, 0.4) is 0 Å². The molecule has 0 aliphatic carbocycles. The molecule has 5 nitrogen and oxygen atoms in total. The van der Waals surface area contributed by atoms with E-state index in [2.05, 4.69) is 4.74 Å². The van der Waals surface area contributed by atoms with Gasteiger partial charge in [0.1, 0.15) is 29.7 Å². The predicted octanol–water partition coefficient (Wildman–Crippen LogP) is 5.22. The third kappa shape index (κ3) is 6.14. The Bertz CT molecular complexity index is 1090. The number of methoxy groups -OCH3 is 1. The zero-order valence-electron chi connectivity index (χ0n) is 19.2. The number of carbonyl (C=O) groups is 1. The number of ether oxygens (including phenoxy) is 1. The van der Waals surface area contributed by atoms with Gasteiger partial charge in [-0.25, -0.2) is 13.2 Å². The highest BCUT2D eigenvalue weighted by molar-refractivity contribution is 6.13. The van der Waals surface area contributed by atoms with Crippen molar-refractivity contribution >= 4 is 17.4 Å². The normalized spacial score (nSPS) is 17.4. The van der Waals surface area contributed by atoms with Crippen LogP contribution in [0, 0.1) is 17.6 Å². The number of nitrogens with zero attached hydrogens (tertiary/aromatic N) is 2. The molecule has 0 aromatic heterocycles. The van der Waals surface area contributed by atoms with Crippen molar-refractivity contribution in [2.45, 2.75) is 39.0 Å². The standard InChI is InChI=1S/C26H27F3N2O3/c1-16(2)26-30-22(17-4-8-19(27)9-5-17)14-23(18-6-10-20(28)11-7-18)31(26)15-21(29)24(32)12-13-25(33)34-3/h4-11,14-16,24,26,32H,12-13H2,1-3H3/b21-15-. The molecular formula is C26H27F3N2O3. The Morgan fingerprint density at radius 2 is 1.65 bits per heavy atom. The minimum absolute atomic E-state index is 0.0872. The van der Waals surface area contributed by atoms with Gasteiger partial charge in [0.25, 0.3) is 0 Å². The molecule has 3 rings (SSSR count). The minimum Gasteiger partial charge on any atom is -0.469 e. The molecule has 2 aromatic carbocycles. The van der Waals surface area contributed by atoms with E-state index in [0.717, 1.165) is 6.20 Å². The van der Waals surface area contributed by atoms with Crippen molar-refractivity contribution in [1.82, 2.24) is 4.90 Å². The molecule has 0 fully saturated rings. The van der Waals surface area contributed by atoms with Gasteiger partial charge in [-0.2, -0.15) is 0 Å². The van der Waals surface area contributed by atoms with E-state index < -0.39 is 29.9 Å². The average molecular weight is 473 g/mol. The van der Waals surface area contributed by atoms with Gasteiger partial charge in [-0.15, -0.1) is 0 Å². The lowest BCUT2D eigenvalue weighted by Gasteiger charge is -2.36. The number of aliphatic imine (C=N–C) groups is 1. The van der Waals surface area contributed by atoms with Crippen molar-refractivity contribution in [2.75, 3.05) is 7.11 Å². The van der Waals surface area contributed by atoms with E-state index >= 15 is 4.39 Å². The van der Waals surface area contributed by atoms with Gasteiger partial charge in [0.2, 0.25) is 0 Å². The highest BCUT2D eigenvalue weighted by Gasteiger charge is 2.29. The van der Waals surface area contributed by atoms with Gasteiger partial charge in [-0.05, 0) is 72.5 Å². The molecule has 34 heavy (non-hydrogen) atoms. The lowest BCUT2D eigenvalue weighted by molar-refractivity contribution is -0.141. The van der Waals surface area contributed by atoms with E-state index in [9.17, 15) is 18.7 Å². The summed E-state index contributed by atoms with van der Waals surface area (Å²) in [6, 6.07) is 11.6. The molecule has 1 N–H and O–H groups in total. The first kappa shape index (κ1) is 25.2. The van der Waals surface area contributed by atoms with Crippen LogP contribution in [-0.2, 0) is 9.53 Å². The number of aliphatic hydroxyl groups excluding tert-OH is 1. The smallest absolute Gasteiger partial charge is 0.305 e. The molecule has 180 valence electrons. The zero-order chi connectivity index (χ0) is 24.8. The largest absolute Gasteiger partial charge is 0.469 e. The van der Waals surface area contributed by atoms with E-state index in [1.807, 2.05) is 13.8 Å². The van der Waals surface area contributed by atoms with Gasteiger partial charge >= 0.3 is 5.97 Å². The number of aliphatic hydroxyl groups is 1. The van der Waals surface area contributed by atoms with Gasteiger partial charge in [0, 0.05) is 18.2 Å². The fraction of sp³-hybridized carbons (Fsp3) is 0.308. The second kappa shape index (κ2) is 11.2. The van der Waals surface area contributed by atoms with Crippen LogP contribution in [0.1, 0.15) is 37.8 Å². The van der Waals surface area contributed by atoms with Crippen LogP contribution in [0.15, 0.2) is 71.6 Å². The molecule has 1 aliphatic rings. The maximum absolute atomic E-state index is 15.0. The van der Waals surface area contributed by atoms with E-state index in [0.29, 0.717) is 22.5 Å². The summed E-state index contributed by atoms with van der Waals surface area (Å²) < 4.78 is 46.6. The number of esters is 1. The fourth-order valence-corrected chi connectivity index (χ4v) is 3.55. The Kier molecular flexibility index (Phi) is 8.28. The van der Waals surface area contributed by atoms with E-state index in [4.69, 9.17) is 4.99 Å². The van der Waals surface area contributed by atoms with Crippen LogP contribution in [0.2, 0.25) is 0 Å². The maximum Gasteiger partial charge on any atom is 0.305 e. The van der Waals surface area contributed by atoms with Crippen molar-refractivity contribution in [3.63, 3.8) is 0 Å². The lowest BCUT2D eigenvalue weighted by atomic mass is 9.99. The van der Waals surface area contributed by atoms with Gasteiger partial charge in [0.15, 0.2) is 0 Å². The molecule has 0 saturated heterocycles. The molecule has 0 bridgehead atoms. The van der Waals surface area contributed by atoms with Crippen molar-refractivity contribution in [1.29, 1.82) is 0 Å². The van der Waals surface area contributed by atoms with Gasteiger partial charge in [0.05, 0.1) is 18.5 Å². The Morgan fingerprint density at radius 3 is 2.18 bits per heavy atom. The fourth-order valence-electron chi connectivity index (χ4n) is 3.55. The summed E-state index contributed by atoms with van der Waals surface area (Å²) in [7, 11) is 1.22. The number of halogens is 3. The number of hydrogen-bond donors (Lipinski definition) is 1. The first-order chi connectivity index (χ1) is 16.2. The summed E-state index contributed by atoms with van der Waals surface area (Å²) in [6.07, 6.45) is 0.513. The number of benzene rings is 2. The predicted molar refractivity (Wildman–Crippen MR) is 124 cm³/mol. The lowest BCUT2D eigenvalue weighted by Crippen LogP contribution is -2.37. The van der Waals surface area contributed by atoms with E-state index in [-0.39, 0.29) is 24.6 Å². The van der Waals surface area contributed by atoms with Gasteiger partial charge in [-0.3, -0.25) is 9.79 Å². The first-order valence-electron chi connectivity index (χ1n) is 10.9. The molecule has 2 unspecified atom stereocenters. The Labute approximate surface area is 196 Å².